The molecule has 4 nitrogen and oxygen atoms in total. The molecule has 3 atom stereocenters. The van der Waals surface area contributed by atoms with Gasteiger partial charge in [0.1, 0.15) is 4.21 Å². The second-order valence-electron chi connectivity index (χ2n) is 5.07. The summed E-state index contributed by atoms with van der Waals surface area (Å²) in [6.07, 6.45) is 2.02. The summed E-state index contributed by atoms with van der Waals surface area (Å²) in [6.45, 7) is 4.68. The third-order valence-corrected chi connectivity index (χ3v) is 6.96. The molecule has 0 radical (unpaired) electrons. The molecule has 0 aromatic carbocycles. The van der Waals surface area contributed by atoms with Crippen LogP contribution in [0.4, 0.5) is 0 Å². The summed E-state index contributed by atoms with van der Waals surface area (Å²) in [6, 6.07) is 3.48. The maximum Gasteiger partial charge on any atom is 0.250 e. The number of nitrogens with one attached hydrogen (secondary N) is 1. The summed E-state index contributed by atoms with van der Waals surface area (Å²) >= 11 is 1.25. The molecule has 1 saturated carbocycles. The number of thiophene rings is 1. The molecular weight excluding hydrogens is 268 g/mol. The minimum atomic E-state index is -3.38. The van der Waals surface area contributed by atoms with Gasteiger partial charge in [0.2, 0.25) is 10.0 Å². The van der Waals surface area contributed by atoms with E-state index in [4.69, 9.17) is 5.73 Å². The molecule has 18 heavy (non-hydrogen) atoms. The van der Waals surface area contributed by atoms with Crippen molar-refractivity contribution in [1.82, 2.24) is 4.72 Å². The minimum absolute atomic E-state index is 0.0634. The Morgan fingerprint density at radius 2 is 2.11 bits per heavy atom. The highest BCUT2D eigenvalue weighted by Crippen LogP contribution is 2.32. The zero-order chi connectivity index (χ0) is 13.3. The number of rotatable bonds is 4. The topological polar surface area (TPSA) is 72.2 Å². The lowest BCUT2D eigenvalue weighted by Gasteiger charge is -2.19. The van der Waals surface area contributed by atoms with Crippen LogP contribution in [0, 0.1) is 11.8 Å². The smallest absolute Gasteiger partial charge is 0.250 e. The van der Waals surface area contributed by atoms with Gasteiger partial charge in [0.05, 0.1) is 0 Å². The van der Waals surface area contributed by atoms with Crippen LogP contribution in [-0.2, 0) is 16.6 Å². The van der Waals surface area contributed by atoms with Crippen LogP contribution in [0.2, 0.25) is 0 Å². The summed E-state index contributed by atoms with van der Waals surface area (Å²) in [4.78, 5) is 0.892. The van der Waals surface area contributed by atoms with Crippen LogP contribution in [0.3, 0.4) is 0 Å². The van der Waals surface area contributed by atoms with Gasteiger partial charge in [-0.05, 0) is 36.8 Å². The third kappa shape index (κ3) is 2.77. The Bertz CT molecular complexity index is 510. The van der Waals surface area contributed by atoms with Crippen molar-refractivity contribution < 1.29 is 8.42 Å². The summed E-state index contributed by atoms with van der Waals surface area (Å²) in [5.41, 5.74) is 5.51. The summed E-state index contributed by atoms with van der Waals surface area (Å²) in [7, 11) is -3.38. The normalized spacial score (nSPS) is 28.7. The molecule has 1 fully saturated rings. The monoisotopic (exact) mass is 288 g/mol. The average Bonchev–Trinajstić information content (AvgIpc) is 2.91. The SMILES string of the molecule is CC1CCC(NS(=O)(=O)c2ccc(CN)s2)C1C. The Morgan fingerprint density at radius 3 is 2.61 bits per heavy atom. The second-order valence-corrected chi connectivity index (χ2v) is 8.18. The van der Waals surface area contributed by atoms with Crippen molar-refractivity contribution in [3.8, 4) is 0 Å². The van der Waals surface area contributed by atoms with E-state index >= 15 is 0 Å². The zero-order valence-corrected chi connectivity index (χ0v) is 12.4. The molecule has 3 N–H and O–H groups in total. The molecule has 1 aliphatic rings. The Kier molecular flexibility index (Phi) is 4.11. The van der Waals surface area contributed by atoms with Crippen LogP contribution < -0.4 is 10.5 Å². The molecule has 1 aromatic rings. The molecule has 102 valence electrons. The van der Waals surface area contributed by atoms with Crippen molar-refractivity contribution in [2.45, 2.75) is 43.5 Å². The number of nitrogens with two attached hydrogens (primary N) is 1. The van der Waals surface area contributed by atoms with Crippen LogP contribution in [0.25, 0.3) is 0 Å². The van der Waals surface area contributed by atoms with Crippen LogP contribution in [0.15, 0.2) is 16.3 Å². The fourth-order valence-electron chi connectivity index (χ4n) is 2.40. The van der Waals surface area contributed by atoms with Gasteiger partial charge in [-0.25, -0.2) is 13.1 Å². The van der Waals surface area contributed by atoms with Gasteiger partial charge in [0, 0.05) is 17.5 Å². The summed E-state index contributed by atoms with van der Waals surface area (Å²) in [5.74, 6) is 0.981. The number of sulfonamides is 1. The highest BCUT2D eigenvalue weighted by Gasteiger charge is 2.33. The maximum atomic E-state index is 12.2. The predicted molar refractivity (Wildman–Crippen MR) is 73.9 cm³/mol. The van der Waals surface area contributed by atoms with Gasteiger partial charge in [-0.3, -0.25) is 0 Å². The van der Waals surface area contributed by atoms with Crippen molar-refractivity contribution in [3.05, 3.63) is 17.0 Å². The van der Waals surface area contributed by atoms with E-state index in [1.54, 1.807) is 12.1 Å². The van der Waals surface area contributed by atoms with E-state index in [1.165, 1.54) is 11.3 Å². The van der Waals surface area contributed by atoms with Gasteiger partial charge in [0.15, 0.2) is 0 Å². The molecule has 0 saturated heterocycles. The summed E-state index contributed by atoms with van der Waals surface area (Å²) in [5, 5.41) is 0. The maximum absolute atomic E-state index is 12.2. The van der Waals surface area contributed by atoms with Crippen molar-refractivity contribution >= 4 is 21.4 Å². The largest absolute Gasteiger partial charge is 0.326 e. The van der Waals surface area contributed by atoms with Gasteiger partial charge in [-0.15, -0.1) is 11.3 Å². The Morgan fingerprint density at radius 1 is 1.39 bits per heavy atom. The van der Waals surface area contributed by atoms with E-state index in [1.807, 2.05) is 0 Å². The molecule has 3 unspecified atom stereocenters. The molecule has 0 aliphatic heterocycles. The van der Waals surface area contributed by atoms with Gasteiger partial charge < -0.3 is 5.73 Å². The quantitative estimate of drug-likeness (QED) is 0.889. The molecule has 6 heteroatoms. The van der Waals surface area contributed by atoms with Crippen LogP contribution in [-0.4, -0.2) is 14.5 Å². The average molecular weight is 288 g/mol. The zero-order valence-electron chi connectivity index (χ0n) is 10.7. The number of hydrogen-bond acceptors (Lipinski definition) is 4. The lowest BCUT2D eigenvalue weighted by Crippen LogP contribution is -2.36. The van der Waals surface area contributed by atoms with Crippen LogP contribution in [0.1, 0.15) is 31.6 Å². The standard InChI is InChI=1S/C12H20N2O2S2/c1-8-3-5-11(9(8)2)14-18(15,16)12-6-4-10(7-13)17-12/h4,6,8-9,11,14H,3,5,7,13H2,1-2H3. The van der Waals surface area contributed by atoms with Gasteiger partial charge in [0.25, 0.3) is 0 Å². The number of hydrogen-bond donors (Lipinski definition) is 2. The van der Waals surface area contributed by atoms with E-state index in [0.29, 0.717) is 22.6 Å². The van der Waals surface area contributed by atoms with Gasteiger partial charge in [-0.1, -0.05) is 13.8 Å². The van der Waals surface area contributed by atoms with Crippen molar-refractivity contribution in [1.29, 1.82) is 0 Å². The van der Waals surface area contributed by atoms with E-state index in [0.717, 1.165) is 17.7 Å². The van der Waals surface area contributed by atoms with E-state index in [-0.39, 0.29) is 6.04 Å². The molecule has 0 spiro atoms. The van der Waals surface area contributed by atoms with Crippen molar-refractivity contribution in [2.75, 3.05) is 0 Å². The predicted octanol–water partition coefficient (Wildman–Crippen LogP) is 1.92. The first-order valence-electron chi connectivity index (χ1n) is 6.25. The van der Waals surface area contributed by atoms with E-state index in [2.05, 4.69) is 18.6 Å². The minimum Gasteiger partial charge on any atom is -0.326 e. The van der Waals surface area contributed by atoms with Gasteiger partial charge >= 0.3 is 0 Å². The fraction of sp³-hybridized carbons (Fsp3) is 0.667. The Balaban J connectivity index is 2.12. The molecule has 1 aromatic heterocycles. The lowest BCUT2D eigenvalue weighted by molar-refractivity contribution is 0.402. The first-order valence-corrected chi connectivity index (χ1v) is 8.55. The molecule has 0 amide bonds. The summed E-state index contributed by atoms with van der Waals surface area (Å²) < 4.78 is 27.7. The third-order valence-electron chi connectivity index (χ3n) is 3.87. The molecule has 2 rings (SSSR count). The van der Waals surface area contributed by atoms with Crippen molar-refractivity contribution in [2.24, 2.45) is 17.6 Å². The van der Waals surface area contributed by atoms with Gasteiger partial charge in [-0.2, -0.15) is 0 Å². The second kappa shape index (κ2) is 5.28. The molecule has 1 aliphatic carbocycles. The first kappa shape index (κ1) is 14.0. The Labute approximate surface area is 113 Å². The highest BCUT2D eigenvalue weighted by atomic mass is 32.2. The fourth-order valence-corrected chi connectivity index (χ4v) is 5.01. The highest BCUT2D eigenvalue weighted by molar-refractivity contribution is 7.91. The molecule has 0 bridgehead atoms. The van der Waals surface area contributed by atoms with Crippen molar-refractivity contribution in [3.63, 3.8) is 0 Å². The van der Waals surface area contributed by atoms with E-state index in [9.17, 15) is 8.42 Å². The molecule has 1 heterocycles. The Hall–Kier alpha value is -0.430. The first-order chi connectivity index (χ1) is 8.44. The van der Waals surface area contributed by atoms with E-state index < -0.39 is 10.0 Å². The van der Waals surface area contributed by atoms with Crippen LogP contribution >= 0.6 is 11.3 Å². The lowest BCUT2D eigenvalue weighted by atomic mass is 9.98. The van der Waals surface area contributed by atoms with Crippen LogP contribution in [0.5, 0.6) is 0 Å². The molecular formula is C12H20N2O2S2.